The van der Waals surface area contributed by atoms with Crippen LogP contribution in [0.3, 0.4) is 0 Å². The van der Waals surface area contributed by atoms with E-state index in [9.17, 15) is 35.5 Å². The minimum absolute atomic E-state index is 0.00579. The summed E-state index contributed by atoms with van der Waals surface area (Å²) in [6, 6.07) is 4.89. The summed E-state index contributed by atoms with van der Waals surface area (Å²) in [6.07, 6.45) is -8.07. The molecule has 2 N–H and O–H groups in total. The number of amides is 1. The Morgan fingerprint density at radius 3 is 2.10 bits per heavy atom. The first kappa shape index (κ1) is 30.9. The Morgan fingerprint density at radius 1 is 1.05 bits per heavy atom. The largest absolute Gasteiger partial charge is 0.416 e. The van der Waals surface area contributed by atoms with Gasteiger partial charge in [0.2, 0.25) is 5.91 Å². The maximum absolute atomic E-state index is 14.4. The molecule has 3 rings (SSSR count). The summed E-state index contributed by atoms with van der Waals surface area (Å²) >= 11 is 6.24. The van der Waals surface area contributed by atoms with E-state index in [0.717, 1.165) is 17.2 Å². The Bertz CT molecular complexity index is 1420. The van der Waals surface area contributed by atoms with Gasteiger partial charge in [0.05, 0.1) is 33.4 Å². The number of benzene rings is 2. The molecule has 1 aromatic heterocycles. The van der Waals surface area contributed by atoms with Crippen LogP contribution in [0, 0.1) is 11.2 Å². The van der Waals surface area contributed by atoms with Gasteiger partial charge in [0.1, 0.15) is 11.6 Å². The smallest absolute Gasteiger partial charge is 0.370 e. The number of hydrogen-bond donors (Lipinski definition) is 2. The number of carbonyl (C=O) groups is 1. The number of anilines is 2. The Kier molecular flexibility index (Phi) is 8.54. The Balaban J connectivity index is 2.25. The second kappa shape index (κ2) is 11.1. The molecule has 40 heavy (non-hydrogen) atoms. The zero-order valence-electron chi connectivity index (χ0n) is 21.7. The van der Waals surface area contributed by atoms with Gasteiger partial charge in [-0.3, -0.25) is 4.79 Å². The van der Waals surface area contributed by atoms with Crippen LogP contribution in [0.2, 0.25) is 5.02 Å². The number of nitrogens with zero attached hydrogens (tertiary/aromatic N) is 2. The molecule has 0 radical (unpaired) electrons. The zero-order valence-corrected chi connectivity index (χ0v) is 22.4. The van der Waals surface area contributed by atoms with Crippen molar-refractivity contribution in [1.82, 2.24) is 4.98 Å². The van der Waals surface area contributed by atoms with Crippen LogP contribution in [0.4, 0.5) is 42.2 Å². The van der Waals surface area contributed by atoms with Crippen LogP contribution in [0.5, 0.6) is 0 Å². The third-order valence-electron chi connectivity index (χ3n) is 6.32. The predicted molar refractivity (Wildman–Crippen MR) is 140 cm³/mol. The van der Waals surface area contributed by atoms with Crippen LogP contribution in [0.25, 0.3) is 11.1 Å². The minimum Gasteiger partial charge on any atom is -0.370 e. The zero-order chi connectivity index (χ0) is 30.2. The summed E-state index contributed by atoms with van der Waals surface area (Å²) in [6.45, 7) is 4.53. The molecule has 0 unspecified atom stereocenters. The number of rotatable bonds is 7. The molecular formula is C27H24ClF7N4O. The van der Waals surface area contributed by atoms with Crippen molar-refractivity contribution in [2.75, 3.05) is 23.8 Å². The molecule has 0 saturated carbocycles. The van der Waals surface area contributed by atoms with Gasteiger partial charge in [-0.05, 0) is 50.6 Å². The maximum atomic E-state index is 14.4. The molecule has 1 heterocycles. The fourth-order valence-corrected chi connectivity index (χ4v) is 4.39. The molecule has 3 aromatic rings. The highest BCUT2D eigenvalue weighted by atomic mass is 35.5. The quantitative estimate of drug-likeness (QED) is 0.217. The van der Waals surface area contributed by atoms with E-state index in [1.54, 1.807) is 6.92 Å². The van der Waals surface area contributed by atoms with Crippen molar-refractivity contribution >= 4 is 35.2 Å². The Hall–Kier alpha value is -3.67. The molecule has 2 aromatic carbocycles. The van der Waals surface area contributed by atoms with E-state index in [1.807, 2.05) is 0 Å². The number of alkyl halides is 6. The van der Waals surface area contributed by atoms with Gasteiger partial charge in [-0.15, -0.1) is 0 Å². The number of aromatic nitrogens is 1. The van der Waals surface area contributed by atoms with Crippen LogP contribution in [-0.4, -0.2) is 30.7 Å². The first-order valence-electron chi connectivity index (χ1n) is 11.7. The van der Waals surface area contributed by atoms with E-state index < -0.39 is 46.2 Å². The summed E-state index contributed by atoms with van der Waals surface area (Å²) in [4.78, 5) is 19.0. The monoisotopic (exact) mass is 588 g/mol. The highest BCUT2D eigenvalue weighted by molar-refractivity contribution is 6.34. The average molecular weight is 589 g/mol. The summed E-state index contributed by atoms with van der Waals surface area (Å²) in [7, 11) is 1.25. The second-order valence-electron chi connectivity index (χ2n) is 9.34. The van der Waals surface area contributed by atoms with Crippen molar-refractivity contribution in [2.45, 2.75) is 38.5 Å². The summed E-state index contributed by atoms with van der Waals surface area (Å²) in [5.74, 6) is -1.48. The van der Waals surface area contributed by atoms with Crippen LogP contribution < -0.4 is 10.2 Å². The van der Waals surface area contributed by atoms with Crippen molar-refractivity contribution in [2.24, 2.45) is 0 Å². The second-order valence-corrected chi connectivity index (χ2v) is 9.72. The van der Waals surface area contributed by atoms with E-state index in [0.29, 0.717) is 18.7 Å². The van der Waals surface area contributed by atoms with Gasteiger partial charge in [0.15, 0.2) is 0 Å². The number of hydrogen-bond acceptors (Lipinski definition) is 4. The van der Waals surface area contributed by atoms with Crippen LogP contribution in [-0.2, 0) is 22.6 Å². The molecule has 214 valence electrons. The molecular weight excluding hydrogens is 565 g/mol. The minimum atomic E-state index is -5.10. The lowest BCUT2D eigenvalue weighted by Gasteiger charge is -2.32. The van der Waals surface area contributed by atoms with E-state index in [4.69, 9.17) is 17.0 Å². The van der Waals surface area contributed by atoms with Crippen molar-refractivity contribution in [3.05, 3.63) is 75.7 Å². The molecule has 0 aliphatic carbocycles. The lowest BCUT2D eigenvalue weighted by molar-refractivity contribution is -0.143. The number of carbonyl (C=O) groups excluding carboxylic acids is 1. The van der Waals surface area contributed by atoms with Gasteiger partial charge in [-0.25, -0.2) is 9.37 Å². The van der Waals surface area contributed by atoms with Gasteiger partial charge >= 0.3 is 12.4 Å². The molecule has 0 bridgehead atoms. The highest BCUT2D eigenvalue weighted by Gasteiger charge is 2.41. The lowest BCUT2D eigenvalue weighted by atomic mass is 9.81. The number of likely N-dealkylation sites (N-methyl/N-ethyl adjacent to an activating group) is 1. The summed E-state index contributed by atoms with van der Waals surface area (Å²) in [5, 5.41) is 10.6. The third kappa shape index (κ3) is 5.91. The molecule has 13 heteroatoms. The topological polar surface area (TPSA) is 69.1 Å². The third-order valence-corrected chi connectivity index (χ3v) is 6.70. The number of pyridine rings is 1. The maximum Gasteiger partial charge on any atom is 0.416 e. The van der Waals surface area contributed by atoms with Crippen LogP contribution in [0.1, 0.15) is 43.0 Å². The van der Waals surface area contributed by atoms with Crippen LogP contribution >= 0.6 is 11.6 Å². The fourth-order valence-electron chi connectivity index (χ4n) is 4.17. The lowest BCUT2D eigenvalue weighted by Crippen LogP contribution is -2.42. The summed E-state index contributed by atoms with van der Waals surface area (Å²) in [5.41, 5.74) is -5.24. The van der Waals surface area contributed by atoms with Gasteiger partial charge < -0.3 is 15.6 Å². The number of nitrogens with one attached hydrogen (secondary N) is 2. The van der Waals surface area contributed by atoms with E-state index >= 15 is 0 Å². The van der Waals surface area contributed by atoms with Gasteiger partial charge in [-0.2, -0.15) is 26.3 Å². The number of halogens is 8. The first-order valence-corrected chi connectivity index (χ1v) is 12.1. The van der Waals surface area contributed by atoms with Gasteiger partial charge in [-0.1, -0.05) is 23.7 Å². The van der Waals surface area contributed by atoms with E-state index in [-0.39, 0.29) is 39.3 Å². The fraction of sp³-hybridized carbons (Fsp3) is 0.296. The average Bonchev–Trinajstić information content (AvgIpc) is 2.88. The molecule has 0 saturated heterocycles. The normalized spacial score (nSPS) is 12.3. The van der Waals surface area contributed by atoms with E-state index in [2.05, 4.69) is 10.3 Å². The van der Waals surface area contributed by atoms with Crippen molar-refractivity contribution in [1.29, 1.82) is 5.41 Å². The highest BCUT2D eigenvalue weighted by Crippen LogP contribution is 2.43. The molecule has 0 atom stereocenters. The van der Waals surface area contributed by atoms with Crippen molar-refractivity contribution in [3.8, 4) is 11.1 Å². The molecule has 0 spiro atoms. The van der Waals surface area contributed by atoms with Gasteiger partial charge in [0.25, 0.3) is 0 Å². The molecule has 5 nitrogen and oxygen atoms in total. The molecule has 0 fully saturated rings. The predicted octanol–water partition coefficient (Wildman–Crippen LogP) is 7.95. The first-order chi connectivity index (χ1) is 18.4. The molecule has 1 amide bonds. The van der Waals surface area contributed by atoms with Crippen molar-refractivity contribution in [3.63, 3.8) is 0 Å². The van der Waals surface area contributed by atoms with Gasteiger partial charge in [0, 0.05) is 36.5 Å². The molecule has 0 aliphatic rings. The van der Waals surface area contributed by atoms with Crippen molar-refractivity contribution < 1.29 is 35.5 Å². The standard InChI is InChI=1S/C27H24ClF7N4O/c1-5-37-23-18(12-36)21(17-7-6-8-19(29)22(17)28)20(13-38-23)39(4)24(40)25(2,3)14-9-15(26(30,31)32)11-16(10-14)27(33,34)35/h6-13,36H,5H2,1-4H3,(H,37,38). The molecule has 0 aliphatic heterocycles. The van der Waals surface area contributed by atoms with E-state index in [1.165, 1.54) is 39.2 Å². The Morgan fingerprint density at radius 2 is 1.60 bits per heavy atom. The summed E-state index contributed by atoms with van der Waals surface area (Å²) < 4.78 is 95.5. The van der Waals surface area contributed by atoms with Crippen LogP contribution in [0.15, 0.2) is 42.6 Å². The Labute approximate surface area is 230 Å². The SMILES string of the molecule is CCNc1ncc(N(C)C(=O)C(C)(C)c2cc(C(F)(F)F)cc(C(F)(F)F)c2)c(-c2cccc(F)c2Cl)c1C=N.